The molecular weight excluding hydrogens is 344 g/mol. The molecule has 4 nitrogen and oxygen atoms in total. The lowest BCUT2D eigenvalue weighted by Gasteiger charge is -2.07. The van der Waals surface area contributed by atoms with Crippen molar-refractivity contribution in [3.63, 3.8) is 0 Å². The highest BCUT2D eigenvalue weighted by atomic mass is 79.9. The molecule has 0 spiro atoms. The van der Waals surface area contributed by atoms with Crippen LogP contribution in [0.15, 0.2) is 27.6 Å². The molecule has 0 amide bonds. The Bertz CT molecular complexity index is 542. The fourth-order valence-electron chi connectivity index (χ4n) is 1.35. The van der Waals surface area contributed by atoms with Crippen molar-refractivity contribution < 1.29 is 17.9 Å². The lowest BCUT2D eigenvalue weighted by molar-refractivity contribution is -0.142. The minimum atomic E-state index is -3.87. The normalized spacial score (nSPS) is 11.3. The fourth-order valence-corrected chi connectivity index (χ4v) is 2.88. The number of rotatable bonds is 5. The Morgan fingerprint density at radius 3 is 2.67 bits per heavy atom. The van der Waals surface area contributed by atoms with Crippen molar-refractivity contribution in [1.82, 2.24) is 0 Å². The molecule has 0 atom stereocenters. The van der Waals surface area contributed by atoms with Gasteiger partial charge in [-0.25, -0.2) is 8.42 Å². The van der Waals surface area contributed by atoms with Gasteiger partial charge < -0.3 is 4.74 Å². The van der Waals surface area contributed by atoms with Crippen LogP contribution in [0.25, 0.3) is 0 Å². The first-order valence-electron chi connectivity index (χ1n) is 5.23. The van der Waals surface area contributed by atoms with Gasteiger partial charge in [-0.1, -0.05) is 22.9 Å². The molecule has 0 bridgehead atoms. The maximum Gasteiger partial charge on any atom is 0.310 e. The van der Waals surface area contributed by atoms with Gasteiger partial charge in [-0.15, -0.1) is 0 Å². The predicted molar refractivity (Wildman–Crippen MR) is 72.1 cm³/mol. The van der Waals surface area contributed by atoms with Gasteiger partial charge in [0.1, 0.15) is 0 Å². The lowest BCUT2D eigenvalue weighted by atomic mass is 10.1. The summed E-state index contributed by atoms with van der Waals surface area (Å²) in [6.07, 6.45) is 0.589. The molecule has 18 heavy (non-hydrogen) atoms. The first-order chi connectivity index (χ1) is 8.34. The first-order valence-corrected chi connectivity index (χ1v) is 8.33. The van der Waals surface area contributed by atoms with Gasteiger partial charge in [-0.2, -0.15) is 0 Å². The highest BCUT2D eigenvalue weighted by Gasteiger charge is 2.18. The zero-order valence-electron chi connectivity index (χ0n) is 9.65. The van der Waals surface area contributed by atoms with Gasteiger partial charge in [0, 0.05) is 15.2 Å². The molecule has 7 heteroatoms. The summed E-state index contributed by atoms with van der Waals surface area (Å²) in [5.41, 5.74) is 0.320. The molecule has 0 aliphatic rings. The van der Waals surface area contributed by atoms with Gasteiger partial charge >= 0.3 is 5.97 Å². The third-order valence-corrected chi connectivity index (χ3v) is 4.00. The van der Waals surface area contributed by atoms with Gasteiger partial charge in [-0.3, -0.25) is 4.79 Å². The number of carbonyl (C=O) groups excluding carboxylic acids is 1. The van der Waals surface area contributed by atoms with Crippen LogP contribution in [0.1, 0.15) is 18.9 Å². The van der Waals surface area contributed by atoms with E-state index in [0.717, 1.165) is 0 Å². The maximum atomic E-state index is 11.5. The minimum absolute atomic E-state index is 0.0687. The topological polar surface area (TPSA) is 60.4 Å². The lowest BCUT2D eigenvalue weighted by Crippen LogP contribution is -2.11. The smallest absolute Gasteiger partial charge is 0.310 e. The Balaban J connectivity index is 3.00. The maximum absolute atomic E-state index is 11.5. The van der Waals surface area contributed by atoms with E-state index < -0.39 is 15.0 Å². The van der Waals surface area contributed by atoms with Crippen molar-refractivity contribution >= 4 is 41.6 Å². The monoisotopic (exact) mass is 354 g/mol. The summed E-state index contributed by atoms with van der Waals surface area (Å²) in [7, 11) is 1.44. The van der Waals surface area contributed by atoms with E-state index >= 15 is 0 Å². The number of ether oxygens (including phenoxy) is 1. The van der Waals surface area contributed by atoms with Crippen LogP contribution in [0.4, 0.5) is 0 Å². The summed E-state index contributed by atoms with van der Waals surface area (Å²) < 4.78 is 28.3. The highest BCUT2D eigenvalue weighted by Crippen LogP contribution is 2.24. The largest absolute Gasteiger partial charge is 0.465 e. The second-order valence-corrected chi connectivity index (χ2v) is 7.04. The van der Waals surface area contributed by atoms with E-state index in [1.807, 2.05) is 6.92 Å². The molecule has 0 N–H and O–H groups in total. The predicted octanol–water partition coefficient (Wildman–Crippen LogP) is 2.87. The molecule has 0 aromatic heterocycles. The van der Waals surface area contributed by atoms with Gasteiger partial charge in [0.05, 0.1) is 17.9 Å². The molecule has 0 unspecified atom stereocenters. The van der Waals surface area contributed by atoms with Crippen LogP contribution in [0, 0.1) is 0 Å². The number of halogens is 2. The quantitative estimate of drug-likeness (QED) is 0.602. The van der Waals surface area contributed by atoms with Crippen LogP contribution in [-0.4, -0.2) is 21.0 Å². The first kappa shape index (κ1) is 15.5. The molecule has 0 saturated carbocycles. The molecule has 0 saturated heterocycles. The molecule has 1 aromatic carbocycles. The van der Waals surface area contributed by atoms with Crippen LogP contribution in [0.5, 0.6) is 0 Å². The van der Waals surface area contributed by atoms with Gasteiger partial charge in [0.25, 0.3) is 9.05 Å². The van der Waals surface area contributed by atoms with E-state index in [1.54, 1.807) is 12.1 Å². The van der Waals surface area contributed by atoms with Gasteiger partial charge in [0.15, 0.2) is 0 Å². The van der Waals surface area contributed by atoms with E-state index in [0.29, 0.717) is 23.1 Å². The van der Waals surface area contributed by atoms with Crippen molar-refractivity contribution in [1.29, 1.82) is 0 Å². The van der Waals surface area contributed by atoms with Gasteiger partial charge in [-0.05, 0) is 30.2 Å². The Morgan fingerprint density at radius 1 is 1.44 bits per heavy atom. The van der Waals surface area contributed by atoms with E-state index in [-0.39, 0.29) is 11.3 Å². The highest BCUT2D eigenvalue weighted by molar-refractivity contribution is 9.10. The molecule has 0 heterocycles. The Kier molecular flexibility index (Phi) is 5.62. The SMILES string of the molecule is CCCOC(=O)Cc1cc(Br)ccc1S(=O)(=O)Cl. The summed E-state index contributed by atoms with van der Waals surface area (Å²) in [4.78, 5) is 11.4. The molecule has 0 aliphatic heterocycles. The van der Waals surface area contributed by atoms with Crippen molar-refractivity contribution in [3.8, 4) is 0 Å². The fraction of sp³-hybridized carbons (Fsp3) is 0.364. The number of hydrogen-bond donors (Lipinski definition) is 0. The van der Waals surface area contributed by atoms with E-state index in [1.165, 1.54) is 6.07 Å². The van der Waals surface area contributed by atoms with Crippen LogP contribution < -0.4 is 0 Å². The summed E-state index contributed by atoms with van der Waals surface area (Å²) in [6, 6.07) is 4.45. The summed E-state index contributed by atoms with van der Waals surface area (Å²) in [6.45, 7) is 2.19. The van der Waals surface area contributed by atoms with Crippen molar-refractivity contribution in [2.75, 3.05) is 6.61 Å². The number of carbonyl (C=O) groups is 1. The van der Waals surface area contributed by atoms with Crippen molar-refractivity contribution in [3.05, 3.63) is 28.2 Å². The molecule has 0 fully saturated rings. The Labute approximate surface area is 119 Å². The third kappa shape index (κ3) is 4.59. The number of esters is 1. The van der Waals surface area contributed by atoms with E-state index in [9.17, 15) is 13.2 Å². The molecule has 1 aromatic rings. The molecule has 0 aliphatic carbocycles. The standard InChI is InChI=1S/C11H12BrClO4S/c1-2-5-17-11(14)7-8-6-9(12)3-4-10(8)18(13,15)16/h3-4,6H,2,5,7H2,1H3. The average molecular weight is 356 g/mol. The summed E-state index contributed by atoms with van der Waals surface area (Å²) in [5.74, 6) is -0.475. The molecule has 100 valence electrons. The van der Waals surface area contributed by atoms with E-state index in [4.69, 9.17) is 15.4 Å². The van der Waals surface area contributed by atoms with Crippen LogP contribution >= 0.6 is 26.6 Å². The summed E-state index contributed by atoms with van der Waals surface area (Å²) >= 11 is 3.22. The average Bonchev–Trinajstić information content (AvgIpc) is 2.24. The summed E-state index contributed by atoms with van der Waals surface area (Å²) in [5, 5.41) is 0. The van der Waals surface area contributed by atoms with Crippen molar-refractivity contribution in [2.45, 2.75) is 24.7 Å². The van der Waals surface area contributed by atoms with Crippen LogP contribution in [0.3, 0.4) is 0 Å². The Morgan fingerprint density at radius 2 is 2.11 bits per heavy atom. The molecule has 1 rings (SSSR count). The zero-order valence-corrected chi connectivity index (χ0v) is 12.8. The van der Waals surface area contributed by atoms with Crippen LogP contribution in [0.2, 0.25) is 0 Å². The van der Waals surface area contributed by atoms with Crippen molar-refractivity contribution in [2.24, 2.45) is 0 Å². The van der Waals surface area contributed by atoms with E-state index in [2.05, 4.69) is 15.9 Å². The second kappa shape index (κ2) is 6.54. The number of hydrogen-bond acceptors (Lipinski definition) is 4. The molecule has 0 radical (unpaired) electrons. The van der Waals surface area contributed by atoms with Crippen LogP contribution in [-0.2, 0) is 25.0 Å². The second-order valence-electron chi connectivity index (χ2n) is 3.59. The van der Waals surface area contributed by atoms with Gasteiger partial charge in [0.2, 0.25) is 0 Å². The minimum Gasteiger partial charge on any atom is -0.465 e. The third-order valence-electron chi connectivity index (χ3n) is 2.09. The Hall–Kier alpha value is -0.590. The molecular formula is C11H12BrClO4S. The zero-order chi connectivity index (χ0) is 13.8. The number of benzene rings is 1.